The highest BCUT2D eigenvalue weighted by molar-refractivity contribution is 8.00. The molecular formula is C23H28N2O5S2. The quantitative estimate of drug-likeness (QED) is 0.633. The third kappa shape index (κ3) is 5.39. The first-order chi connectivity index (χ1) is 15.4. The molecule has 1 N–H and O–H groups in total. The Balaban J connectivity index is 1.41. The van der Waals surface area contributed by atoms with Gasteiger partial charge in [0, 0.05) is 30.1 Å². The SMILES string of the molecule is Cc1ccc(S(=O)(=O)N2CCCCC2)cc1NC(=O)CSc1ccc2c(c1)OCCCO2. The summed E-state index contributed by atoms with van der Waals surface area (Å²) in [5.41, 5.74) is 1.34. The number of aryl methyl sites for hydroxylation is 1. The van der Waals surface area contributed by atoms with Crippen LogP contribution in [0.5, 0.6) is 11.5 Å². The van der Waals surface area contributed by atoms with E-state index in [0.717, 1.165) is 41.9 Å². The molecule has 172 valence electrons. The normalized spacial score (nSPS) is 16.9. The summed E-state index contributed by atoms with van der Waals surface area (Å²) in [5.74, 6) is 1.41. The Morgan fingerprint density at radius 3 is 2.53 bits per heavy atom. The van der Waals surface area contributed by atoms with Crippen molar-refractivity contribution in [3.05, 3.63) is 42.0 Å². The Morgan fingerprint density at radius 2 is 1.75 bits per heavy atom. The van der Waals surface area contributed by atoms with Gasteiger partial charge in [0.25, 0.3) is 0 Å². The molecule has 0 aliphatic carbocycles. The van der Waals surface area contributed by atoms with E-state index in [9.17, 15) is 13.2 Å². The van der Waals surface area contributed by atoms with Crippen molar-refractivity contribution in [1.82, 2.24) is 4.31 Å². The van der Waals surface area contributed by atoms with Crippen LogP contribution in [0.3, 0.4) is 0 Å². The first kappa shape index (κ1) is 22.9. The molecule has 0 saturated carbocycles. The fraction of sp³-hybridized carbons (Fsp3) is 0.435. The van der Waals surface area contributed by atoms with E-state index in [2.05, 4.69) is 5.32 Å². The second-order valence-electron chi connectivity index (χ2n) is 7.94. The van der Waals surface area contributed by atoms with Crippen LogP contribution >= 0.6 is 11.8 Å². The van der Waals surface area contributed by atoms with Crippen molar-refractivity contribution >= 4 is 33.4 Å². The van der Waals surface area contributed by atoms with E-state index in [1.807, 2.05) is 25.1 Å². The number of hydrogen-bond acceptors (Lipinski definition) is 6. The average molecular weight is 477 g/mol. The van der Waals surface area contributed by atoms with Gasteiger partial charge >= 0.3 is 0 Å². The van der Waals surface area contributed by atoms with Crippen LogP contribution in [-0.4, -0.2) is 50.7 Å². The topological polar surface area (TPSA) is 84.9 Å². The standard InChI is InChI=1S/C23H28N2O5S2/c1-17-6-8-19(32(27,28)25-10-3-2-4-11-25)15-20(17)24-23(26)16-31-18-7-9-21-22(14-18)30-13-5-12-29-21/h6-9,14-15H,2-5,10-13,16H2,1H3,(H,24,26). The fourth-order valence-electron chi connectivity index (χ4n) is 3.72. The van der Waals surface area contributed by atoms with Gasteiger partial charge in [-0.25, -0.2) is 8.42 Å². The van der Waals surface area contributed by atoms with Crippen LogP contribution in [0.2, 0.25) is 0 Å². The van der Waals surface area contributed by atoms with Gasteiger partial charge in [-0.2, -0.15) is 4.31 Å². The lowest BCUT2D eigenvalue weighted by molar-refractivity contribution is -0.113. The minimum atomic E-state index is -3.55. The molecule has 0 unspecified atom stereocenters. The van der Waals surface area contributed by atoms with Crippen LogP contribution in [0, 0.1) is 6.92 Å². The van der Waals surface area contributed by atoms with E-state index in [0.29, 0.717) is 37.7 Å². The maximum absolute atomic E-state index is 13.0. The fourth-order valence-corrected chi connectivity index (χ4v) is 5.99. The lowest BCUT2D eigenvalue weighted by Crippen LogP contribution is -2.35. The van der Waals surface area contributed by atoms with Crippen molar-refractivity contribution in [3.8, 4) is 11.5 Å². The second kappa shape index (κ2) is 10.1. The van der Waals surface area contributed by atoms with Crippen molar-refractivity contribution in [3.63, 3.8) is 0 Å². The third-order valence-electron chi connectivity index (χ3n) is 5.52. The molecule has 1 saturated heterocycles. The molecule has 0 atom stereocenters. The molecule has 0 bridgehead atoms. The van der Waals surface area contributed by atoms with Crippen LogP contribution in [0.15, 0.2) is 46.2 Å². The van der Waals surface area contributed by atoms with Crippen molar-refractivity contribution in [2.24, 2.45) is 0 Å². The van der Waals surface area contributed by atoms with Crippen LogP contribution in [-0.2, 0) is 14.8 Å². The summed E-state index contributed by atoms with van der Waals surface area (Å²) >= 11 is 1.39. The zero-order valence-electron chi connectivity index (χ0n) is 18.1. The van der Waals surface area contributed by atoms with Gasteiger partial charge in [-0.1, -0.05) is 12.5 Å². The number of carbonyl (C=O) groups excluding carboxylic acids is 1. The Hall–Kier alpha value is -2.23. The number of sulfonamides is 1. The molecule has 2 aliphatic heterocycles. The number of carbonyl (C=O) groups is 1. The van der Waals surface area contributed by atoms with Gasteiger partial charge in [0.2, 0.25) is 15.9 Å². The van der Waals surface area contributed by atoms with E-state index < -0.39 is 10.0 Å². The van der Waals surface area contributed by atoms with Gasteiger partial charge in [0.1, 0.15) is 0 Å². The number of nitrogens with zero attached hydrogens (tertiary/aromatic N) is 1. The zero-order chi connectivity index (χ0) is 22.6. The number of hydrogen-bond donors (Lipinski definition) is 1. The molecule has 1 fully saturated rings. The van der Waals surface area contributed by atoms with E-state index in [1.165, 1.54) is 16.1 Å². The van der Waals surface area contributed by atoms with Crippen LogP contribution in [0.1, 0.15) is 31.2 Å². The van der Waals surface area contributed by atoms with Gasteiger partial charge in [-0.15, -0.1) is 11.8 Å². The minimum absolute atomic E-state index is 0.197. The molecule has 2 aromatic carbocycles. The number of anilines is 1. The number of benzene rings is 2. The second-order valence-corrected chi connectivity index (χ2v) is 10.9. The highest BCUT2D eigenvalue weighted by Gasteiger charge is 2.26. The van der Waals surface area contributed by atoms with Crippen LogP contribution in [0.25, 0.3) is 0 Å². The third-order valence-corrected chi connectivity index (χ3v) is 8.41. The number of ether oxygens (including phenoxy) is 2. The van der Waals surface area contributed by atoms with E-state index in [-0.39, 0.29) is 16.6 Å². The highest BCUT2D eigenvalue weighted by Crippen LogP contribution is 2.34. The van der Waals surface area contributed by atoms with Gasteiger partial charge < -0.3 is 14.8 Å². The van der Waals surface area contributed by atoms with E-state index >= 15 is 0 Å². The Labute approximate surface area is 193 Å². The van der Waals surface area contributed by atoms with Crippen LogP contribution < -0.4 is 14.8 Å². The number of amides is 1. The number of fused-ring (bicyclic) bond motifs is 1. The summed E-state index contributed by atoms with van der Waals surface area (Å²) in [6.45, 7) is 4.18. The summed E-state index contributed by atoms with van der Waals surface area (Å²) in [4.78, 5) is 13.7. The Kier molecular flexibility index (Phi) is 7.27. The predicted molar refractivity (Wildman–Crippen MR) is 125 cm³/mol. The molecule has 0 spiro atoms. The molecule has 32 heavy (non-hydrogen) atoms. The number of thioether (sulfide) groups is 1. The first-order valence-corrected chi connectivity index (χ1v) is 13.3. The van der Waals surface area contributed by atoms with Gasteiger partial charge in [0.15, 0.2) is 11.5 Å². The molecule has 2 heterocycles. The summed E-state index contributed by atoms with van der Waals surface area (Å²) in [6, 6.07) is 10.6. The van der Waals surface area contributed by atoms with Gasteiger partial charge in [-0.05, 0) is 55.7 Å². The minimum Gasteiger partial charge on any atom is -0.490 e. The molecule has 4 rings (SSSR count). The van der Waals surface area contributed by atoms with Crippen LogP contribution in [0.4, 0.5) is 5.69 Å². The average Bonchev–Trinajstić information content (AvgIpc) is 3.04. The van der Waals surface area contributed by atoms with E-state index in [4.69, 9.17) is 9.47 Å². The van der Waals surface area contributed by atoms with E-state index in [1.54, 1.807) is 18.2 Å². The number of nitrogens with one attached hydrogen (secondary N) is 1. The summed E-state index contributed by atoms with van der Waals surface area (Å²) < 4.78 is 38.8. The Morgan fingerprint density at radius 1 is 1.00 bits per heavy atom. The summed E-state index contributed by atoms with van der Waals surface area (Å²) in [7, 11) is -3.55. The van der Waals surface area contributed by atoms with Crippen molar-refractivity contribution in [2.75, 3.05) is 37.4 Å². The van der Waals surface area contributed by atoms with Crippen molar-refractivity contribution in [1.29, 1.82) is 0 Å². The molecular weight excluding hydrogens is 448 g/mol. The maximum Gasteiger partial charge on any atom is 0.243 e. The van der Waals surface area contributed by atoms with Gasteiger partial charge in [0.05, 0.1) is 23.9 Å². The lowest BCUT2D eigenvalue weighted by Gasteiger charge is -2.26. The summed E-state index contributed by atoms with van der Waals surface area (Å²) in [6.07, 6.45) is 3.66. The molecule has 0 aromatic heterocycles. The largest absolute Gasteiger partial charge is 0.490 e. The number of rotatable bonds is 6. The summed E-state index contributed by atoms with van der Waals surface area (Å²) in [5, 5.41) is 2.87. The molecule has 7 nitrogen and oxygen atoms in total. The number of piperidine rings is 1. The first-order valence-electron chi connectivity index (χ1n) is 10.9. The molecule has 0 radical (unpaired) electrons. The molecule has 2 aliphatic rings. The lowest BCUT2D eigenvalue weighted by atomic mass is 10.2. The Bertz CT molecular complexity index is 1080. The highest BCUT2D eigenvalue weighted by atomic mass is 32.2. The molecule has 2 aromatic rings. The zero-order valence-corrected chi connectivity index (χ0v) is 19.8. The van der Waals surface area contributed by atoms with Gasteiger partial charge in [-0.3, -0.25) is 4.79 Å². The molecule has 9 heteroatoms. The van der Waals surface area contributed by atoms with Crippen molar-refractivity contribution in [2.45, 2.75) is 42.4 Å². The molecule has 1 amide bonds. The maximum atomic E-state index is 13.0. The smallest absolute Gasteiger partial charge is 0.243 e. The van der Waals surface area contributed by atoms with Crippen molar-refractivity contribution < 1.29 is 22.7 Å². The predicted octanol–water partition coefficient (Wildman–Crippen LogP) is 4.06. The monoisotopic (exact) mass is 476 g/mol.